The Labute approximate surface area is 113 Å². The zero-order valence-electron chi connectivity index (χ0n) is 11.2. The van der Waals surface area contributed by atoms with Crippen molar-refractivity contribution in [2.75, 3.05) is 19.3 Å². The number of piperidine rings is 1. The number of rotatable bonds is 5. The Bertz CT molecular complexity index is 514. The van der Waals surface area contributed by atoms with Gasteiger partial charge in [0, 0.05) is 19.5 Å². The van der Waals surface area contributed by atoms with E-state index in [2.05, 4.69) is 10.1 Å². The van der Waals surface area contributed by atoms with Crippen molar-refractivity contribution in [2.24, 2.45) is 0 Å². The maximum atomic E-state index is 11.5. The highest BCUT2D eigenvalue weighted by atomic mass is 32.2. The van der Waals surface area contributed by atoms with Gasteiger partial charge in [0.05, 0.1) is 12.4 Å². The topological polar surface area (TPSA) is 85.5 Å². The molecule has 1 aromatic rings. The number of nitrogens with zero attached hydrogens (tertiary/aromatic N) is 3. The SMILES string of the molecule is CCc1noc(CO[C@H]2CCCN(S(C)(=O)=O)C2)n1. The van der Waals surface area contributed by atoms with Crippen molar-refractivity contribution in [3.63, 3.8) is 0 Å². The Morgan fingerprint density at radius 2 is 2.32 bits per heavy atom. The summed E-state index contributed by atoms with van der Waals surface area (Å²) in [5.74, 6) is 1.09. The third-order valence-electron chi connectivity index (χ3n) is 3.08. The average molecular weight is 289 g/mol. The molecule has 2 heterocycles. The molecule has 0 unspecified atom stereocenters. The standard InChI is InChI=1S/C11H19N3O4S/c1-3-10-12-11(18-13-10)8-17-9-5-4-6-14(7-9)19(2,15)16/h9H,3-8H2,1-2H3/t9-/m0/s1. The van der Waals surface area contributed by atoms with E-state index in [1.807, 2.05) is 6.92 Å². The molecule has 0 radical (unpaired) electrons. The van der Waals surface area contributed by atoms with Gasteiger partial charge in [-0.15, -0.1) is 0 Å². The van der Waals surface area contributed by atoms with Gasteiger partial charge in [-0.3, -0.25) is 0 Å². The van der Waals surface area contributed by atoms with E-state index in [1.54, 1.807) is 0 Å². The summed E-state index contributed by atoms with van der Waals surface area (Å²) in [4.78, 5) is 4.15. The molecule has 0 saturated carbocycles. The van der Waals surface area contributed by atoms with E-state index in [-0.39, 0.29) is 12.7 Å². The molecule has 0 aromatic carbocycles. The maximum absolute atomic E-state index is 11.5. The van der Waals surface area contributed by atoms with Gasteiger partial charge < -0.3 is 9.26 Å². The minimum Gasteiger partial charge on any atom is -0.367 e. The smallest absolute Gasteiger partial charge is 0.252 e. The lowest BCUT2D eigenvalue weighted by molar-refractivity contribution is -0.00284. The molecule has 0 spiro atoms. The van der Waals surface area contributed by atoms with E-state index >= 15 is 0 Å². The molecule has 19 heavy (non-hydrogen) atoms. The normalized spacial score (nSPS) is 21.7. The van der Waals surface area contributed by atoms with Crippen molar-refractivity contribution in [3.8, 4) is 0 Å². The molecule has 108 valence electrons. The van der Waals surface area contributed by atoms with Gasteiger partial charge in [0.15, 0.2) is 5.82 Å². The molecule has 7 nitrogen and oxygen atoms in total. The number of aromatic nitrogens is 2. The second-order valence-electron chi connectivity index (χ2n) is 4.65. The van der Waals surface area contributed by atoms with Crippen LogP contribution in [0, 0.1) is 0 Å². The highest BCUT2D eigenvalue weighted by Gasteiger charge is 2.26. The lowest BCUT2D eigenvalue weighted by Crippen LogP contribution is -2.42. The van der Waals surface area contributed by atoms with Crippen molar-refractivity contribution in [2.45, 2.75) is 38.9 Å². The molecule has 0 N–H and O–H groups in total. The van der Waals surface area contributed by atoms with Crippen LogP contribution in [0.4, 0.5) is 0 Å². The monoisotopic (exact) mass is 289 g/mol. The second-order valence-corrected chi connectivity index (χ2v) is 6.64. The van der Waals surface area contributed by atoms with Gasteiger partial charge in [-0.25, -0.2) is 8.42 Å². The minimum absolute atomic E-state index is 0.111. The number of hydrogen-bond acceptors (Lipinski definition) is 6. The van der Waals surface area contributed by atoms with Crippen LogP contribution in [-0.4, -0.2) is 48.3 Å². The highest BCUT2D eigenvalue weighted by Crippen LogP contribution is 2.16. The Hall–Kier alpha value is -0.990. The fourth-order valence-corrected chi connectivity index (χ4v) is 2.92. The second kappa shape index (κ2) is 5.98. The molecule has 2 rings (SSSR count). The Morgan fingerprint density at radius 1 is 1.53 bits per heavy atom. The summed E-state index contributed by atoms with van der Waals surface area (Å²) >= 11 is 0. The first-order valence-electron chi connectivity index (χ1n) is 6.37. The lowest BCUT2D eigenvalue weighted by atomic mass is 10.1. The third kappa shape index (κ3) is 3.99. The first kappa shape index (κ1) is 14.4. The summed E-state index contributed by atoms with van der Waals surface area (Å²) in [6, 6.07) is 0. The van der Waals surface area contributed by atoms with Gasteiger partial charge in [-0.05, 0) is 12.8 Å². The van der Waals surface area contributed by atoms with Gasteiger partial charge >= 0.3 is 0 Å². The van der Waals surface area contributed by atoms with Gasteiger partial charge in [0.25, 0.3) is 5.89 Å². The van der Waals surface area contributed by atoms with E-state index in [0.717, 1.165) is 19.3 Å². The average Bonchev–Trinajstić information content (AvgIpc) is 2.84. The van der Waals surface area contributed by atoms with Gasteiger partial charge in [0.1, 0.15) is 6.61 Å². The van der Waals surface area contributed by atoms with Crippen LogP contribution in [0.1, 0.15) is 31.5 Å². The van der Waals surface area contributed by atoms with Gasteiger partial charge in [0.2, 0.25) is 10.0 Å². The quantitative estimate of drug-likeness (QED) is 0.788. The first-order chi connectivity index (χ1) is 8.99. The molecule has 1 fully saturated rings. The van der Waals surface area contributed by atoms with Crippen LogP contribution < -0.4 is 0 Å². The fraction of sp³-hybridized carbons (Fsp3) is 0.818. The van der Waals surface area contributed by atoms with Crippen LogP contribution in [0.25, 0.3) is 0 Å². The van der Waals surface area contributed by atoms with Crippen LogP contribution >= 0.6 is 0 Å². The van der Waals surface area contributed by atoms with E-state index in [0.29, 0.717) is 24.8 Å². The molecular formula is C11H19N3O4S. The molecule has 0 aliphatic carbocycles. The predicted molar refractivity (Wildman–Crippen MR) is 67.9 cm³/mol. The lowest BCUT2D eigenvalue weighted by Gasteiger charge is -2.30. The highest BCUT2D eigenvalue weighted by molar-refractivity contribution is 7.88. The molecule has 1 atom stereocenters. The summed E-state index contributed by atoms with van der Waals surface area (Å²) in [5.41, 5.74) is 0. The van der Waals surface area contributed by atoms with E-state index in [4.69, 9.17) is 9.26 Å². The van der Waals surface area contributed by atoms with Crippen LogP contribution in [0.15, 0.2) is 4.52 Å². The Kier molecular flexibility index (Phi) is 4.54. The summed E-state index contributed by atoms with van der Waals surface area (Å²) < 4.78 is 35.1. The summed E-state index contributed by atoms with van der Waals surface area (Å²) in [5, 5.41) is 3.78. The van der Waals surface area contributed by atoms with E-state index in [1.165, 1.54) is 10.6 Å². The number of sulfonamides is 1. The third-order valence-corrected chi connectivity index (χ3v) is 4.35. The molecule has 1 aromatic heterocycles. The number of ether oxygens (including phenoxy) is 1. The van der Waals surface area contributed by atoms with Crippen LogP contribution in [0.3, 0.4) is 0 Å². The van der Waals surface area contributed by atoms with Crippen molar-refractivity contribution in [3.05, 3.63) is 11.7 Å². The zero-order valence-corrected chi connectivity index (χ0v) is 12.0. The molecule has 0 bridgehead atoms. The summed E-state index contributed by atoms with van der Waals surface area (Å²) in [6.07, 6.45) is 3.48. The van der Waals surface area contributed by atoms with Crippen molar-refractivity contribution < 1.29 is 17.7 Å². The fourth-order valence-electron chi connectivity index (χ4n) is 2.02. The van der Waals surface area contributed by atoms with E-state index < -0.39 is 10.0 Å². The van der Waals surface area contributed by atoms with Crippen LogP contribution in [0.2, 0.25) is 0 Å². The summed E-state index contributed by atoms with van der Waals surface area (Å²) in [7, 11) is -3.14. The predicted octanol–water partition coefficient (Wildman–Crippen LogP) is 0.573. The molecule has 1 aliphatic heterocycles. The number of aryl methyl sites for hydroxylation is 1. The van der Waals surface area contributed by atoms with Gasteiger partial charge in [-0.1, -0.05) is 12.1 Å². The number of hydrogen-bond donors (Lipinski definition) is 0. The Morgan fingerprint density at radius 3 is 2.95 bits per heavy atom. The first-order valence-corrected chi connectivity index (χ1v) is 8.22. The zero-order chi connectivity index (χ0) is 13.9. The molecule has 0 amide bonds. The Balaban J connectivity index is 1.86. The molecule has 1 saturated heterocycles. The minimum atomic E-state index is -3.14. The van der Waals surface area contributed by atoms with E-state index in [9.17, 15) is 8.42 Å². The van der Waals surface area contributed by atoms with Crippen LogP contribution in [0.5, 0.6) is 0 Å². The van der Waals surface area contributed by atoms with Crippen LogP contribution in [-0.2, 0) is 27.8 Å². The maximum Gasteiger partial charge on any atom is 0.252 e. The molecule has 1 aliphatic rings. The van der Waals surface area contributed by atoms with Crippen molar-refractivity contribution in [1.82, 2.24) is 14.4 Å². The largest absolute Gasteiger partial charge is 0.367 e. The van der Waals surface area contributed by atoms with Crippen molar-refractivity contribution >= 4 is 10.0 Å². The molecule has 8 heteroatoms. The van der Waals surface area contributed by atoms with Crippen molar-refractivity contribution in [1.29, 1.82) is 0 Å². The van der Waals surface area contributed by atoms with Gasteiger partial charge in [-0.2, -0.15) is 9.29 Å². The summed E-state index contributed by atoms with van der Waals surface area (Å²) in [6.45, 7) is 3.14. The molecular weight excluding hydrogens is 270 g/mol.